The summed E-state index contributed by atoms with van der Waals surface area (Å²) in [5.41, 5.74) is 0.604. The van der Waals surface area contributed by atoms with E-state index in [2.05, 4.69) is 4.74 Å². The molecule has 0 radical (unpaired) electrons. The number of piperidine rings is 1. The number of anilines is 1. The Balaban J connectivity index is 1.45. The van der Waals surface area contributed by atoms with E-state index in [0.717, 1.165) is 5.56 Å². The van der Waals surface area contributed by atoms with Crippen LogP contribution in [0.15, 0.2) is 48.5 Å². The number of ether oxygens (including phenoxy) is 1. The van der Waals surface area contributed by atoms with Crippen molar-refractivity contribution in [3.63, 3.8) is 0 Å². The van der Waals surface area contributed by atoms with E-state index < -0.39 is 17.6 Å². The van der Waals surface area contributed by atoms with Crippen LogP contribution in [-0.4, -0.2) is 54.0 Å². The van der Waals surface area contributed by atoms with Crippen LogP contribution in [0.5, 0.6) is 0 Å². The molecule has 2 aliphatic rings. The molecule has 0 unspecified atom stereocenters. The first-order valence-electron chi connectivity index (χ1n) is 10.1. The molecule has 0 spiro atoms. The van der Waals surface area contributed by atoms with Crippen LogP contribution in [0, 0.1) is 0 Å². The number of aliphatic hydroxyl groups is 1. The molecule has 1 atom stereocenters. The number of carbonyl (C=O) groups excluding carboxylic acids is 3. The maximum absolute atomic E-state index is 13.1. The molecular formula is C23H23ClN2O5. The summed E-state index contributed by atoms with van der Waals surface area (Å²) in [5, 5.41) is 11.7. The SMILES string of the molecule is COC(=O)c1ccc(N2C(=O)C[C@H](N3CCC(O)(c4ccc(Cl)cc4)CC3)C2=O)cc1. The van der Waals surface area contributed by atoms with Crippen molar-refractivity contribution in [2.45, 2.75) is 30.9 Å². The molecule has 4 rings (SSSR count). The number of benzene rings is 2. The first-order valence-corrected chi connectivity index (χ1v) is 10.5. The standard InChI is InChI=1S/C23H23ClN2O5/c1-31-22(29)15-2-8-18(9-3-15)26-20(27)14-19(21(26)28)25-12-10-23(30,11-13-25)16-4-6-17(24)7-5-16/h2-9,19,30H,10-14H2,1H3/t19-/m0/s1. The lowest BCUT2D eigenvalue weighted by molar-refractivity contribution is -0.124. The van der Waals surface area contributed by atoms with E-state index in [1.54, 1.807) is 24.3 Å². The van der Waals surface area contributed by atoms with E-state index in [1.165, 1.54) is 24.1 Å². The fraction of sp³-hybridized carbons (Fsp3) is 0.348. The van der Waals surface area contributed by atoms with Crippen LogP contribution in [-0.2, 0) is 19.9 Å². The highest BCUT2D eigenvalue weighted by Crippen LogP contribution is 2.36. The topological polar surface area (TPSA) is 87.2 Å². The summed E-state index contributed by atoms with van der Waals surface area (Å²) in [6, 6.07) is 12.8. The summed E-state index contributed by atoms with van der Waals surface area (Å²) in [5.74, 6) is -1.04. The summed E-state index contributed by atoms with van der Waals surface area (Å²) in [6.45, 7) is 0.996. The van der Waals surface area contributed by atoms with Crippen molar-refractivity contribution in [2.24, 2.45) is 0 Å². The molecule has 1 N–H and O–H groups in total. The van der Waals surface area contributed by atoms with Gasteiger partial charge in [0.15, 0.2) is 0 Å². The van der Waals surface area contributed by atoms with E-state index in [0.29, 0.717) is 42.2 Å². The fourth-order valence-electron chi connectivity index (χ4n) is 4.29. The van der Waals surface area contributed by atoms with Gasteiger partial charge in [0.25, 0.3) is 5.91 Å². The van der Waals surface area contributed by atoms with E-state index in [1.807, 2.05) is 17.0 Å². The lowest BCUT2D eigenvalue weighted by Crippen LogP contribution is -2.49. The van der Waals surface area contributed by atoms with Crippen molar-refractivity contribution in [1.82, 2.24) is 4.90 Å². The molecular weight excluding hydrogens is 420 g/mol. The number of halogens is 1. The van der Waals surface area contributed by atoms with E-state index >= 15 is 0 Å². The largest absolute Gasteiger partial charge is 0.465 e. The summed E-state index contributed by atoms with van der Waals surface area (Å²) < 4.78 is 4.67. The molecule has 2 amide bonds. The van der Waals surface area contributed by atoms with Crippen molar-refractivity contribution < 1.29 is 24.2 Å². The van der Waals surface area contributed by atoms with Crippen molar-refractivity contribution in [1.29, 1.82) is 0 Å². The highest BCUT2D eigenvalue weighted by Gasteiger charge is 2.45. The first-order chi connectivity index (χ1) is 14.8. The number of likely N-dealkylation sites (tertiary alicyclic amines) is 1. The number of esters is 1. The summed E-state index contributed by atoms with van der Waals surface area (Å²) >= 11 is 5.94. The van der Waals surface area contributed by atoms with Crippen molar-refractivity contribution in [3.8, 4) is 0 Å². The lowest BCUT2D eigenvalue weighted by Gasteiger charge is -2.40. The van der Waals surface area contributed by atoms with Crippen LogP contribution in [0.1, 0.15) is 35.2 Å². The zero-order valence-corrected chi connectivity index (χ0v) is 17.8. The van der Waals surface area contributed by atoms with Gasteiger partial charge >= 0.3 is 5.97 Å². The van der Waals surface area contributed by atoms with Crippen LogP contribution in [0.2, 0.25) is 5.02 Å². The van der Waals surface area contributed by atoms with E-state index in [4.69, 9.17) is 11.6 Å². The second kappa shape index (κ2) is 8.42. The lowest BCUT2D eigenvalue weighted by atomic mass is 9.84. The third-order valence-electron chi connectivity index (χ3n) is 6.12. The molecule has 2 aromatic rings. The van der Waals surface area contributed by atoms with Gasteiger partial charge in [-0.2, -0.15) is 0 Å². The molecule has 0 bridgehead atoms. The maximum Gasteiger partial charge on any atom is 0.337 e. The highest BCUT2D eigenvalue weighted by molar-refractivity contribution is 6.30. The van der Waals surface area contributed by atoms with Crippen LogP contribution in [0.4, 0.5) is 5.69 Å². The molecule has 2 heterocycles. The van der Waals surface area contributed by atoms with Gasteiger partial charge in [0.1, 0.15) is 0 Å². The van der Waals surface area contributed by atoms with Gasteiger partial charge in [-0.15, -0.1) is 0 Å². The minimum absolute atomic E-state index is 0.0942. The molecule has 162 valence electrons. The van der Waals surface area contributed by atoms with Crippen molar-refractivity contribution >= 4 is 35.1 Å². The highest BCUT2D eigenvalue weighted by atomic mass is 35.5. The van der Waals surface area contributed by atoms with Crippen LogP contribution in [0.3, 0.4) is 0 Å². The minimum atomic E-state index is -0.976. The summed E-state index contributed by atoms with van der Waals surface area (Å²) in [6.07, 6.45) is 1.01. The van der Waals surface area contributed by atoms with Crippen LogP contribution >= 0.6 is 11.6 Å². The summed E-state index contributed by atoms with van der Waals surface area (Å²) in [7, 11) is 1.29. The van der Waals surface area contributed by atoms with Gasteiger partial charge in [-0.25, -0.2) is 9.69 Å². The minimum Gasteiger partial charge on any atom is -0.465 e. The predicted octanol–water partition coefficient (Wildman–Crippen LogP) is 2.74. The Labute approximate surface area is 185 Å². The monoisotopic (exact) mass is 442 g/mol. The number of imide groups is 1. The molecule has 2 aliphatic heterocycles. The molecule has 0 aromatic heterocycles. The predicted molar refractivity (Wildman–Crippen MR) is 115 cm³/mol. The Kier molecular flexibility index (Phi) is 5.83. The molecule has 0 saturated carbocycles. The van der Waals surface area contributed by atoms with E-state index in [-0.39, 0.29) is 18.2 Å². The second-order valence-electron chi connectivity index (χ2n) is 7.90. The summed E-state index contributed by atoms with van der Waals surface area (Å²) in [4.78, 5) is 40.4. The second-order valence-corrected chi connectivity index (χ2v) is 8.34. The number of methoxy groups -OCH3 is 1. The Hall–Kier alpha value is -2.74. The number of hydrogen-bond acceptors (Lipinski definition) is 6. The zero-order valence-electron chi connectivity index (χ0n) is 17.1. The van der Waals surface area contributed by atoms with E-state index in [9.17, 15) is 19.5 Å². The maximum atomic E-state index is 13.1. The Morgan fingerprint density at radius 1 is 1.06 bits per heavy atom. The molecule has 0 aliphatic carbocycles. The van der Waals surface area contributed by atoms with Crippen molar-refractivity contribution in [3.05, 3.63) is 64.7 Å². The van der Waals surface area contributed by atoms with Crippen LogP contribution in [0.25, 0.3) is 0 Å². The average Bonchev–Trinajstić information content (AvgIpc) is 3.08. The van der Waals surface area contributed by atoms with Crippen LogP contribution < -0.4 is 4.90 Å². The van der Waals surface area contributed by atoms with Gasteiger partial charge in [0.05, 0.1) is 36.4 Å². The molecule has 31 heavy (non-hydrogen) atoms. The third kappa shape index (κ3) is 4.08. The quantitative estimate of drug-likeness (QED) is 0.578. The molecule has 7 nitrogen and oxygen atoms in total. The Morgan fingerprint density at radius 3 is 2.26 bits per heavy atom. The molecule has 2 saturated heterocycles. The normalized spacial score (nSPS) is 21.4. The number of nitrogens with zero attached hydrogens (tertiary/aromatic N) is 2. The number of amides is 2. The van der Waals surface area contributed by atoms with Gasteiger partial charge in [-0.05, 0) is 54.8 Å². The number of rotatable bonds is 4. The number of carbonyl (C=O) groups is 3. The molecule has 2 fully saturated rings. The average molecular weight is 443 g/mol. The molecule has 8 heteroatoms. The van der Waals surface area contributed by atoms with Gasteiger partial charge in [0.2, 0.25) is 5.91 Å². The van der Waals surface area contributed by atoms with Gasteiger partial charge < -0.3 is 9.84 Å². The Bertz CT molecular complexity index is 998. The zero-order chi connectivity index (χ0) is 22.2. The van der Waals surface area contributed by atoms with Crippen molar-refractivity contribution in [2.75, 3.05) is 25.1 Å². The van der Waals surface area contributed by atoms with Gasteiger partial charge in [0, 0.05) is 18.1 Å². The molecule has 2 aromatic carbocycles. The third-order valence-corrected chi connectivity index (χ3v) is 6.37. The smallest absolute Gasteiger partial charge is 0.337 e. The first kappa shape index (κ1) is 21.5. The van der Waals surface area contributed by atoms with Gasteiger partial charge in [-0.1, -0.05) is 23.7 Å². The fourth-order valence-corrected chi connectivity index (χ4v) is 4.42. The Morgan fingerprint density at radius 2 is 1.68 bits per heavy atom. The van der Waals surface area contributed by atoms with Gasteiger partial charge in [-0.3, -0.25) is 14.5 Å². The number of hydrogen-bond donors (Lipinski definition) is 1.